The number of halogens is 1. The fourth-order valence-corrected chi connectivity index (χ4v) is 2.40. The smallest absolute Gasteiger partial charge is 0.317 e. The molecule has 1 aromatic carbocycles. The summed E-state index contributed by atoms with van der Waals surface area (Å²) < 4.78 is 12.8. The van der Waals surface area contributed by atoms with Gasteiger partial charge in [0.2, 0.25) is 0 Å². The highest BCUT2D eigenvalue weighted by Gasteiger charge is 2.30. The van der Waals surface area contributed by atoms with E-state index in [9.17, 15) is 14.0 Å². The van der Waals surface area contributed by atoms with Gasteiger partial charge in [0.05, 0.1) is 6.42 Å². The van der Waals surface area contributed by atoms with Gasteiger partial charge in [-0.25, -0.2) is 9.18 Å². The third kappa shape index (κ3) is 3.69. The van der Waals surface area contributed by atoms with Crippen molar-refractivity contribution >= 4 is 12.0 Å². The quantitative estimate of drug-likeness (QED) is 0.886. The van der Waals surface area contributed by atoms with Gasteiger partial charge in [-0.2, -0.15) is 0 Å². The topological polar surface area (TPSA) is 69.6 Å². The number of aliphatic carboxylic acids is 1. The van der Waals surface area contributed by atoms with E-state index in [-0.39, 0.29) is 24.3 Å². The van der Waals surface area contributed by atoms with Crippen LogP contribution in [0.15, 0.2) is 24.3 Å². The zero-order valence-corrected chi connectivity index (χ0v) is 11.0. The molecule has 5 nitrogen and oxygen atoms in total. The predicted molar refractivity (Wildman–Crippen MR) is 70.6 cm³/mol. The molecule has 0 spiro atoms. The van der Waals surface area contributed by atoms with Crippen LogP contribution in [0.5, 0.6) is 0 Å². The number of likely N-dealkylation sites (tertiary alicyclic amines) is 1. The number of hydrogen-bond acceptors (Lipinski definition) is 2. The lowest BCUT2D eigenvalue weighted by Crippen LogP contribution is -2.43. The summed E-state index contributed by atoms with van der Waals surface area (Å²) in [5.74, 6) is -1.21. The first kappa shape index (κ1) is 14.3. The molecule has 0 aromatic heterocycles. The molecule has 20 heavy (non-hydrogen) atoms. The number of urea groups is 1. The van der Waals surface area contributed by atoms with Crippen LogP contribution < -0.4 is 5.32 Å². The van der Waals surface area contributed by atoms with Crippen molar-refractivity contribution in [3.8, 4) is 0 Å². The molecular formula is C14H17FN2O3. The second kappa shape index (κ2) is 6.36. The van der Waals surface area contributed by atoms with Gasteiger partial charge < -0.3 is 15.3 Å². The van der Waals surface area contributed by atoms with Crippen LogP contribution in [0.1, 0.15) is 24.8 Å². The van der Waals surface area contributed by atoms with Gasteiger partial charge in [-0.3, -0.25) is 4.79 Å². The van der Waals surface area contributed by atoms with E-state index in [4.69, 9.17) is 5.11 Å². The molecule has 1 saturated heterocycles. The van der Waals surface area contributed by atoms with Crippen LogP contribution in [0.25, 0.3) is 0 Å². The number of nitrogens with one attached hydrogen (secondary N) is 1. The Morgan fingerprint density at radius 1 is 1.35 bits per heavy atom. The first-order chi connectivity index (χ1) is 9.56. The molecule has 1 aliphatic rings. The average molecular weight is 280 g/mol. The van der Waals surface area contributed by atoms with Gasteiger partial charge in [-0.05, 0) is 30.5 Å². The summed E-state index contributed by atoms with van der Waals surface area (Å²) >= 11 is 0. The number of carboxylic acid groups (broad SMARTS) is 1. The van der Waals surface area contributed by atoms with Crippen molar-refractivity contribution in [1.29, 1.82) is 0 Å². The van der Waals surface area contributed by atoms with E-state index in [1.165, 1.54) is 12.1 Å². The number of carbonyl (C=O) groups excluding carboxylic acids is 1. The molecule has 1 heterocycles. The summed E-state index contributed by atoms with van der Waals surface area (Å²) in [6.45, 7) is 0.878. The molecule has 2 rings (SSSR count). The van der Waals surface area contributed by atoms with Crippen molar-refractivity contribution in [3.05, 3.63) is 35.6 Å². The largest absolute Gasteiger partial charge is 0.481 e. The minimum atomic E-state index is -0.895. The molecule has 1 fully saturated rings. The molecule has 6 heteroatoms. The van der Waals surface area contributed by atoms with Gasteiger partial charge in [0.25, 0.3) is 0 Å². The van der Waals surface area contributed by atoms with Crippen molar-refractivity contribution in [3.63, 3.8) is 0 Å². The molecule has 0 aliphatic carbocycles. The van der Waals surface area contributed by atoms with Crippen LogP contribution in [0.2, 0.25) is 0 Å². The maximum absolute atomic E-state index is 12.8. The molecule has 1 aromatic rings. The normalized spacial score (nSPS) is 18.1. The van der Waals surface area contributed by atoms with Crippen molar-refractivity contribution in [2.24, 2.45) is 0 Å². The molecular weight excluding hydrogens is 263 g/mol. The second-order valence-electron chi connectivity index (χ2n) is 4.87. The molecule has 1 aliphatic heterocycles. The third-order valence-corrected chi connectivity index (χ3v) is 3.41. The van der Waals surface area contributed by atoms with E-state index in [1.54, 1.807) is 17.0 Å². The Labute approximate surface area is 116 Å². The van der Waals surface area contributed by atoms with Gasteiger partial charge in [0.1, 0.15) is 5.82 Å². The molecule has 108 valence electrons. The fraction of sp³-hybridized carbons (Fsp3) is 0.429. The van der Waals surface area contributed by atoms with E-state index in [0.29, 0.717) is 13.1 Å². The Morgan fingerprint density at radius 2 is 2.05 bits per heavy atom. The zero-order chi connectivity index (χ0) is 14.5. The highest BCUT2D eigenvalue weighted by Crippen LogP contribution is 2.20. The lowest BCUT2D eigenvalue weighted by Gasteiger charge is -2.23. The van der Waals surface area contributed by atoms with Gasteiger partial charge in [0, 0.05) is 19.1 Å². The standard InChI is InChI=1S/C14H17FN2O3/c15-11-5-3-10(4-6-11)9-16-14(20)17-7-1-2-12(17)8-13(18)19/h3-6,12H,1-2,7-9H2,(H,16,20)(H,18,19). The predicted octanol–water partition coefficient (Wildman–Crippen LogP) is 1.97. The Hall–Kier alpha value is -2.11. The summed E-state index contributed by atoms with van der Waals surface area (Å²) in [6.07, 6.45) is 1.52. The minimum Gasteiger partial charge on any atom is -0.481 e. The Kier molecular flexibility index (Phi) is 4.55. The van der Waals surface area contributed by atoms with Crippen molar-refractivity contribution in [2.45, 2.75) is 31.8 Å². The number of amides is 2. The molecule has 0 saturated carbocycles. The maximum Gasteiger partial charge on any atom is 0.317 e. The van der Waals surface area contributed by atoms with Crippen molar-refractivity contribution in [2.75, 3.05) is 6.54 Å². The molecule has 2 amide bonds. The first-order valence-corrected chi connectivity index (χ1v) is 6.57. The number of rotatable bonds is 4. The Bertz CT molecular complexity index is 490. The SMILES string of the molecule is O=C(O)CC1CCCN1C(=O)NCc1ccc(F)cc1. The second-order valence-corrected chi connectivity index (χ2v) is 4.87. The summed E-state index contributed by atoms with van der Waals surface area (Å²) in [5, 5.41) is 11.5. The monoisotopic (exact) mass is 280 g/mol. The fourth-order valence-electron chi connectivity index (χ4n) is 2.40. The van der Waals surface area contributed by atoms with E-state index >= 15 is 0 Å². The number of carbonyl (C=O) groups is 2. The zero-order valence-electron chi connectivity index (χ0n) is 11.0. The van der Waals surface area contributed by atoms with E-state index in [1.807, 2.05) is 0 Å². The lowest BCUT2D eigenvalue weighted by atomic mass is 10.1. The Morgan fingerprint density at radius 3 is 2.70 bits per heavy atom. The maximum atomic E-state index is 12.8. The molecule has 0 radical (unpaired) electrons. The van der Waals surface area contributed by atoms with Crippen LogP contribution in [-0.4, -0.2) is 34.6 Å². The molecule has 1 atom stereocenters. The van der Waals surface area contributed by atoms with Crippen LogP contribution in [0.3, 0.4) is 0 Å². The van der Waals surface area contributed by atoms with Gasteiger partial charge in [-0.15, -0.1) is 0 Å². The van der Waals surface area contributed by atoms with Gasteiger partial charge >= 0.3 is 12.0 Å². The van der Waals surface area contributed by atoms with Crippen LogP contribution >= 0.6 is 0 Å². The molecule has 2 N–H and O–H groups in total. The summed E-state index contributed by atoms with van der Waals surface area (Å²) in [7, 11) is 0. The summed E-state index contributed by atoms with van der Waals surface area (Å²) in [6, 6.07) is 5.39. The van der Waals surface area contributed by atoms with Crippen molar-refractivity contribution in [1.82, 2.24) is 10.2 Å². The van der Waals surface area contributed by atoms with Gasteiger partial charge in [0.15, 0.2) is 0 Å². The van der Waals surface area contributed by atoms with Crippen molar-refractivity contribution < 1.29 is 19.1 Å². The number of benzene rings is 1. The molecule has 0 bridgehead atoms. The minimum absolute atomic E-state index is 0.0238. The average Bonchev–Trinajstić information content (AvgIpc) is 2.85. The lowest BCUT2D eigenvalue weighted by molar-refractivity contribution is -0.137. The number of nitrogens with zero attached hydrogens (tertiary/aromatic N) is 1. The number of hydrogen-bond donors (Lipinski definition) is 2. The molecule has 1 unspecified atom stereocenters. The highest BCUT2D eigenvalue weighted by atomic mass is 19.1. The van der Waals surface area contributed by atoms with Gasteiger partial charge in [-0.1, -0.05) is 12.1 Å². The number of carboxylic acids is 1. The Balaban J connectivity index is 1.87. The summed E-state index contributed by atoms with van der Waals surface area (Å²) in [4.78, 5) is 24.3. The first-order valence-electron chi connectivity index (χ1n) is 6.57. The van der Waals surface area contributed by atoms with E-state index in [0.717, 1.165) is 18.4 Å². The van der Waals surface area contributed by atoms with Crippen LogP contribution in [-0.2, 0) is 11.3 Å². The third-order valence-electron chi connectivity index (χ3n) is 3.41. The summed E-state index contributed by atoms with van der Waals surface area (Å²) in [5.41, 5.74) is 0.800. The van der Waals surface area contributed by atoms with E-state index < -0.39 is 5.97 Å². The van der Waals surface area contributed by atoms with E-state index in [2.05, 4.69) is 5.32 Å². The van der Waals surface area contributed by atoms with Crippen LogP contribution in [0.4, 0.5) is 9.18 Å². The van der Waals surface area contributed by atoms with Crippen LogP contribution in [0, 0.1) is 5.82 Å². The highest BCUT2D eigenvalue weighted by molar-refractivity contribution is 5.76.